The molecule has 12 rings (SSSR count). The van der Waals surface area contributed by atoms with Gasteiger partial charge in [0.1, 0.15) is 6.17 Å². The molecular formula is C50H31N3S. The molecule has 3 nitrogen and oxygen atoms in total. The first-order chi connectivity index (χ1) is 26.8. The van der Waals surface area contributed by atoms with Gasteiger partial charge in [0.2, 0.25) is 0 Å². The molecular weight excluding hydrogens is 675 g/mol. The number of fused-ring (bicyclic) bond motifs is 2. The van der Waals surface area contributed by atoms with E-state index in [0.717, 1.165) is 28.1 Å². The van der Waals surface area contributed by atoms with E-state index < -0.39 is 0 Å². The Morgan fingerprint density at radius 1 is 0.463 bits per heavy atom. The summed E-state index contributed by atoms with van der Waals surface area (Å²) >= 11 is 1.90. The second kappa shape index (κ2) is 11.4. The van der Waals surface area contributed by atoms with Crippen LogP contribution in [0.5, 0.6) is 0 Å². The average molecular weight is 706 g/mol. The number of benzene rings is 9. The van der Waals surface area contributed by atoms with Gasteiger partial charge < -0.3 is 9.88 Å². The van der Waals surface area contributed by atoms with Gasteiger partial charge in [-0.3, -0.25) is 4.99 Å². The number of hydrogen-bond acceptors (Lipinski definition) is 3. The second-order valence-corrected chi connectivity index (χ2v) is 15.4. The van der Waals surface area contributed by atoms with Crippen LogP contribution in [0.25, 0.3) is 80.3 Å². The number of anilines is 1. The van der Waals surface area contributed by atoms with Crippen LogP contribution in [0, 0.1) is 0 Å². The molecule has 4 heteroatoms. The number of aromatic nitrogens is 1. The molecule has 0 radical (unpaired) electrons. The average Bonchev–Trinajstić information content (AvgIpc) is 3.49. The molecule has 0 bridgehead atoms. The van der Waals surface area contributed by atoms with Gasteiger partial charge in [0.25, 0.3) is 0 Å². The third-order valence-corrected chi connectivity index (χ3v) is 12.5. The summed E-state index contributed by atoms with van der Waals surface area (Å²) < 4.78 is 5.13. The van der Waals surface area contributed by atoms with Gasteiger partial charge in [0, 0.05) is 58.7 Å². The Morgan fingerprint density at radius 3 is 1.80 bits per heavy atom. The zero-order valence-corrected chi connectivity index (χ0v) is 29.9. The minimum absolute atomic E-state index is 0.263. The first kappa shape index (κ1) is 29.8. The maximum atomic E-state index is 5.49. The van der Waals surface area contributed by atoms with Gasteiger partial charge in [-0.2, -0.15) is 0 Å². The van der Waals surface area contributed by atoms with Gasteiger partial charge in [0.05, 0.1) is 22.4 Å². The van der Waals surface area contributed by atoms with Gasteiger partial charge in [-0.25, -0.2) is 0 Å². The zero-order valence-electron chi connectivity index (χ0n) is 29.1. The van der Waals surface area contributed by atoms with Crippen molar-refractivity contribution in [2.45, 2.75) is 6.17 Å². The number of rotatable bonds is 4. The van der Waals surface area contributed by atoms with Crippen LogP contribution in [0.1, 0.15) is 22.9 Å². The number of para-hydroxylation sites is 1. The topological polar surface area (TPSA) is 29.3 Å². The van der Waals surface area contributed by atoms with E-state index in [9.17, 15) is 0 Å². The molecule has 3 heterocycles. The molecule has 11 aromatic rings. The van der Waals surface area contributed by atoms with Crippen LogP contribution in [0.2, 0.25) is 0 Å². The van der Waals surface area contributed by atoms with Gasteiger partial charge >= 0.3 is 0 Å². The van der Waals surface area contributed by atoms with Gasteiger partial charge in [0.15, 0.2) is 0 Å². The lowest BCUT2D eigenvalue weighted by molar-refractivity contribution is 0.836. The summed E-state index contributed by atoms with van der Waals surface area (Å²) in [6, 6.07) is 64.1. The van der Waals surface area contributed by atoms with Crippen LogP contribution in [0.3, 0.4) is 0 Å². The predicted molar refractivity (Wildman–Crippen MR) is 230 cm³/mol. The van der Waals surface area contributed by atoms with Gasteiger partial charge in [-0.05, 0) is 63.7 Å². The number of aliphatic imine (C=N–C) groups is 1. The summed E-state index contributed by atoms with van der Waals surface area (Å²) in [5.74, 6) is 0. The van der Waals surface area contributed by atoms with E-state index in [-0.39, 0.29) is 6.17 Å². The highest BCUT2D eigenvalue weighted by Crippen LogP contribution is 2.47. The van der Waals surface area contributed by atoms with Crippen molar-refractivity contribution in [3.63, 3.8) is 0 Å². The molecule has 0 amide bonds. The summed E-state index contributed by atoms with van der Waals surface area (Å²) in [5.41, 5.74) is 11.5. The van der Waals surface area contributed by atoms with E-state index in [4.69, 9.17) is 4.99 Å². The van der Waals surface area contributed by atoms with Crippen LogP contribution in [0.4, 0.5) is 5.69 Å². The van der Waals surface area contributed by atoms with Crippen LogP contribution < -0.4 is 5.32 Å². The van der Waals surface area contributed by atoms with Gasteiger partial charge in [-0.1, -0.05) is 140 Å². The van der Waals surface area contributed by atoms with Crippen molar-refractivity contribution in [1.29, 1.82) is 0 Å². The molecule has 252 valence electrons. The summed E-state index contributed by atoms with van der Waals surface area (Å²) in [6.07, 6.45) is -0.263. The summed E-state index contributed by atoms with van der Waals surface area (Å²) in [5, 5.41) is 14.1. The molecule has 1 aliphatic rings. The van der Waals surface area contributed by atoms with E-state index in [0.29, 0.717) is 0 Å². The molecule has 2 aromatic heterocycles. The maximum absolute atomic E-state index is 5.49. The molecule has 0 saturated heterocycles. The fourth-order valence-electron chi connectivity index (χ4n) is 8.99. The summed E-state index contributed by atoms with van der Waals surface area (Å²) in [6.45, 7) is 0. The van der Waals surface area contributed by atoms with Crippen molar-refractivity contribution in [1.82, 2.24) is 4.57 Å². The van der Waals surface area contributed by atoms with Crippen LogP contribution >= 0.6 is 11.3 Å². The van der Waals surface area contributed by atoms with Crippen molar-refractivity contribution in [3.05, 3.63) is 193 Å². The smallest absolute Gasteiger partial charge is 0.146 e. The Hall–Kier alpha value is -6.75. The molecule has 1 atom stereocenters. The van der Waals surface area contributed by atoms with Crippen molar-refractivity contribution >= 4 is 86.3 Å². The van der Waals surface area contributed by atoms with Crippen molar-refractivity contribution in [2.24, 2.45) is 4.99 Å². The van der Waals surface area contributed by atoms with E-state index in [1.165, 1.54) is 80.3 Å². The normalized spacial score (nSPS) is 14.4. The molecule has 0 saturated carbocycles. The van der Waals surface area contributed by atoms with Crippen LogP contribution in [0.15, 0.2) is 181 Å². The Labute approximate surface area is 315 Å². The fourth-order valence-corrected chi connectivity index (χ4v) is 10.2. The Balaban J connectivity index is 1.07. The largest absolute Gasteiger partial charge is 0.359 e. The lowest BCUT2D eigenvalue weighted by atomic mass is 9.94. The summed E-state index contributed by atoms with van der Waals surface area (Å²) in [4.78, 5) is 5.49. The molecule has 1 aliphatic heterocycles. The Morgan fingerprint density at radius 2 is 1.07 bits per heavy atom. The quantitative estimate of drug-likeness (QED) is 0.194. The first-order valence-corrected chi connectivity index (χ1v) is 19.3. The maximum Gasteiger partial charge on any atom is 0.146 e. The standard InChI is InChI=1S/C50H31N3S/c1-2-10-30(11-3-1)31-20-22-34(23-21-31)49-38-16-6-7-17-39(38)51-50(52-49)37-26-29-40(36-15-5-4-14-35(36)37)53-41-27-24-32-12-8-18-43-45(32)47(41)48-42(53)28-25-33-13-9-19-44(54-43)46(33)48/h1-29,50-51H. The number of nitrogens with one attached hydrogen (secondary N) is 1. The number of hydrogen-bond donors (Lipinski definition) is 1. The molecule has 0 spiro atoms. The Kier molecular flexibility index (Phi) is 6.27. The van der Waals surface area contributed by atoms with Crippen LogP contribution in [-0.2, 0) is 0 Å². The first-order valence-electron chi connectivity index (χ1n) is 18.5. The molecule has 9 aromatic carbocycles. The van der Waals surface area contributed by atoms with E-state index in [1.54, 1.807) is 0 Å². The second-order valence-electron chi connectivity index (χ2n) is 14.3. The fraction of sp³-hybridized carbons (Fsp3) is 0.0200. The highest BCUT2D eigenvalue weighted by molar-refractivity contribution is 7.24. The molecule has 0 fully saturated rings. The minimum atomic E-state index is -0.263. The van der Waals surface area contributed by atoms with Gasteiger partial charge in [-0.15, -0.1) is 11.3 Å². The lowest BCUT2D eigenvalue weighted by Crippen LogP contribution is -2.21. The minimum Gasteiger partial charge on any atom is -0.359 e. The van der Waals surface area contributed by atoms with E-state index in [2.05, 4.69) is 186 Å². The SMILES string of the molecule is c1ccc(-c2ccc(C3=NC(c4ccc(-n5c6ccc7cccc8sc9cccc%10ccc5c(c%109)c6c78)c5ccccc45)Nc4ccccc43)cc2)cc1. The van der Waals surface area contributed by atoms with Crippen molar-refractivity contribution < 1.29 is 0 Å². The molecule has 0 aliphatic carbocycles. The molecule has 1 N–H and O–H groups in total. The summed E-state index contributed by atoms with van der Waals surface area (Å²) in [7, 11) is 0. The molecule has 1 unspecified atom stereocenters. The highest BCUT2D eigenvalue weighted by atomic mass is 32.1. The van der Waals surface area contributed by atoms with E-state index >= 15 is 0 Å². The van der Waals surface area contributed by atoms with Crippen LogP contribution in [-0.4, -0.2) is 10.3 Å². The lowest BCUT2D eigenvalue weighted by Gasteiger charge is -2.27. The van der Waals surface area contributed by atoms with Crippen molar-refractivity contribution in [2.75, 3.05) is 5.32 Å². The third kappa shape index (κ3) is 4.26. The molecule has 54 heavy (non-hydrogen) atoms. The zero-order chi connectivity index (χ0) is 35.3. The third-order valence-electron chi connectivity index (χ3n) is 11.4. The van der Waals surface area contributed by atoms with E-state index in [1.807, 2.05) is 11.3 Å². The van der Waals surface area contributed by atoms with Crippen molar-refractivity contribution in [3.8, 4) is 16.8 Å². The highest BCUT2D eigenvalue weighted by Gasteiger charge is 2.26. The monoisotopic (exact) mass is 705 g/mol. The predicted octanol–water partition coefficient (Wildman–Crippen LogP) is 13.5. The number of nitrogens with zero attached hydrogens (tertiary/aromatic N) is 2. The Bertz CT molecular complexity index is 3190.